The maximum absolute atomic E-state index is 12.4. The Morgan fingerprint density at radius 1 is 1.17 bits per heavy atom. The number of ketones is 1. The van der Waals surface area contributed by atoms with Crippen LogP contribution in [0.15, 0.2) is 47.6 Å². The van der Waals surface area contributed by atoms with Crippen LogP contribution in [-0.2, 0) is 0 Å². The third-order valence-electron chi connectivity index (χ3n) is 3.48. The Bertz CT molecular complexity index is 812. The summed E-state index contributed by atoms with van der Waals surface area (Å²) in [5.74, 6) is 1.50. The van der Waals surface area contributed by atoms with E-state index in [1.54, 1.807) is 32.4 Å². The summed E-state index contributed by atoms with van der Waals surface area (Å²) in [4.78, 5) is 18.9. The van der Waals surface area contributed by atoms with E-state index in [9.17, 15) is 4.79 Å². The van der Waals surface area contributed by atoms with Gasteiger partial charge in [0.1, 0.15) is 11.5 Å². The number of methoxy groups -OCH3 is 2. The summed E-state index contributed by atoms with van der Waals surface area (Å²) >= 11 is 1.43. The van der Waals surface area contributed by atoms with Crippen LogP contribution >= 0.6 is 11.8 Å². The fourth-order valence-corrected chi connectivity index (χ4v) is 3.09. The van der Waals surface area contributed by atoms with E-state index >= 15 is 0 Å². The number of thioether (sulfide) groups is 1. The predicted octanol–water partition coefficient (Wildman–Crippen LogP) is 2.97. The van der Waals surface area contributed by atoms with Gasteiger partial charge in [0, 0.05) is 6.07 Å². The van der Waals surface area contributed by atoms with Crippen LogP contribution in [0.4, 0.5) is 0 Å². The van der Waals surface area contributed by atoms with Crippen molar-refractivity contribution in [1.82, 2.24) is 4.98 Å². The molecular formula is C17H17N2O3S+. The molecule has 0 spiro atoms. The molecule has 3 rings (SSSR count). The van der Waals surface area contributed by atoms with Crippen molar-refractivity contribution >= 4 is 28.6 Å². The van der Waals surface area contributed by atoms with Crippen LogP contribution in [-0.4, -0.2) is 30.7 Å². The number of aromatic nitrogens is 2. The normalized spacial score (nSPS) is 10.7. The molecule has 0 bridgehead atoms. The average molecular weight is 329 g/mol. The lowest BCUT2D eigenvalue weighted by Gasteiger charge is -2.08. The molecule has 0 saturated heterocycles. The topological polar surface area (TPSA) is 65.5 Å². The van der Waals surface area contributed by atoms with Gasteiger partial charge < -0.3 is 9.47 Å². The first kappa shape index (κ1) is 15.4. The highest BCUT2D eigenvalue weighted by molar-refractivity contribution is 7.99. The molecule has 2 aromatic carbocycles. The largest absolute Gasteiger partial charge is 0.497 e. The first-order valence-electron chi connectivity index (χ1n) is 7.09. The number of para-hydroxylation sites is 2. The van der Waals surface area contributed by atoms with Crippen molar-refractivity contribution in [3.63, 3.8) is 0 Å². The lowest BCUT2D eigenvalue weighted by molar-refractivity contribution is -0.396. The number of fused-ring (bicyclic) bond motifs is 1. The highest BCUT2D eigenvalue weighted by Crippen LogP contribution is 2.26. The molecule has 118 valence electrons. The minimum Gasteiger partial charge on any atom is -0.497 e. The van der Waals surface area contributed by atoms with Crippen molar-refractivity contribution in [3.05, 3.63) is 48.0 Å². The second-order valence-corrected chi connectivity index (χ2v) is 5.89. The number of hydrogen-bond acceptors (Lipinski definition) is 4. The van der Waals surface area contributed by atoms with E-state index in [1.807, 2.05) is 24.3 Å². The molecule has 0 saturated carbocycles. The molecule has 23 heavy (non-hydrogen) atoms. The van der Waals surface area contributed by atoms with Crippen LogP contribution < -0.4 is 14.5 Å². The zero-order chi connectivity index (χ0) is 16.2. The van der Waals surface area contributed by atoms with Gasteiger partial charge in [0.05, 0.1) is 25.5 Å². The van der Waals surface area contributed by atoms with E-state index in [0.29, 0.717) is 22.8 Å². The Kier molecular flexibility index (Phi) is 4.52. The first-order chi connectivity index (χ1) is 11.2. The molecule has 5 nitrogen and oxygen atoms in total. The van der Waals surface area contributed by atoms with E-state index in [2.05, 4.69) is 9.97 Å². The molecule has 0 fully saturated rings. The number of carbonyl (C=O) groups is 1. The number of nitrogens with one attached hydrogen (secondary N) is 2. The molecule has 3 aromatic rings. The van der Waals surface area contributed by atoms with Gasteiger partial charge in [0.25, 0.3) is 0 Å². The number of imidazole rings is 1. The lowest BCUT2D eigenvalue weighted by Crippen LogP contribution is -2.08. The highest BCUT2D eigenvalue weighted by Gasteiger charge is 2.17. The Labute approximate surface area is 138 Å². The van der Waals surface area contributed by atoms with Gasteiger partial charge in [-0.15, -0.1) is 0 Å². The Balaban J connectivity index is 1.74. The van der Waals surface area contributed by atoms with Crippen molar-refractivity contribution in [2.24, 2.45) is 0 Å². The first-order valence-corrected chi connectivity index (χ1v) is 8.08. The molecule has 0 aliphatic heterocycles. The van der Waals surface area contributed by atoms with Gasteiger partial charge in [-0.3, -0.25) is 4.79 Å². The van der Waals surface area contributed by atoms with E-state index in [4.69, 9.17) is 9.47 Å². The fraction of sp³-hybridized carbons (Fsp3) is 0.176. The van der Waals surface area contributed by atoms with Gasteiger partial charge in [-0.2, -0.15) is 0 Å². The molecule has 0 aliphatic rings. The molecule has 0 aliphatic carbocycles. The minimum atomic E-state index is 0.00144. The van der Waals surface area contributed by atoms with Crippen molar-refractivity contribution in [3.8, 4) is 11.5 Å². The number of Topliss-reactive ketones (excluding diaryl/α,β-unsaturated/α-hetero) is 1. The van der Waals surface area contributed by atoms with Crippen LogP contribution in [0.1, 0.15) is 10.4 Å². The smallest absolute Gasteiger partial charge is 0.314 e. The van der Waals surface area contributed by atoms with Gasteiger partial charge in [-0.05, 0) is 36.0 Å². The van der Waals surface area contributed by atoms with Crippen LogP contribution in [0.2, 0.25) is 0 Å². The van der Waals surface area contributed by atoms with Crippen molar-refractivity contribution in [2.45, 2.75) is 5.16 Å². The average Bonchev–Trinajstić information content (AvgIpc) is 3.02. The van der Waals surface area contributed by atoms with Gasteiger partial charge in [-0.1, -0.05) is 12.1 Å². The standard InChI is InChI=1S/C17H16N2O3S/c1-21-11-7-8-12(16(9-11)22-2)15(20)10-23-17-18-13-5-3-4-6-14(13)19-17/h3-9H,10H2,1-2H3,(H,18,19)/p+1. The number of aromatic amines is 2. The number of rotatable bonds is 6. The summed E-state index contributed by atoms with van der Waals surface area (Å²) in [5, 5.41) is 0.854. The highest BCUT2D eigenvalue weighted by atomic mass is 32.2. The van der Waals surface area contributed by atoms with E-state index < -0.39 is 0 Å². The van der Waals surface area contributed by atoms with Crippen molar-refractivity contribution in [1.29, 1.82) is 0 Å². The molecule has 0 atom stereocenters. The van der Waals surface area contributed by atoms with Gasteiger partial charge >= 0.3 is 5.16 Å². The maximum Gasteiger partial charge on any atom is 0.314 e. The molecule has 0 amide bonds. The lowest BCUT2D eigenvalue weighted by atomic mass is 10.1. The molecule has 0 unspecified atom stereocenters. The molecule has 1 heterocycles. The van der Waals surface area contributed by atoms with E-state index in [0.717, 1.165) is 16.2 Å². The van der Waals surface area contributed by atoms with Crippen LogP contribution in [0.3, 0.4) is 0 Å². The maximum atomic E-state index is 12.4. The summed E-state index contributed by atoms with van der Waals surface area (Å²) in [7, 11) is 3.13. The Hall–Kier alpha value is -2.47. The Morgan fingerprint density at radius 2 is 2.00 bits per heavy atom. The third kappa shape index (κ3) is 3.32. The summed E-state index contributed by atoms with van der Waals surface area (Å²) in [6.45, 7) is 0. The number of H-pyrrole nitrogens is 2. The zero-order valence-corrected chi connectivity index (χ0v) is 13.7. The second-order valence-electron chi connectivity index (χ2n) is 4.90. The fourth-order valence-electron chi connectivity index (χ4n) is 2.29. The van der Waals surface area contributed by atoms with E-state index in [1.165, 1.54) is 11.8 Å². The zero-order valence-electron chi connectivity index (χ0n) is 12.9. The quantitative estimate of drug-likeness (QED) is 0.558. The molecule has 2 N–H and O–H groups in total. The number of hydrogen-bond donors (Lipinski definition) is 1. The van der Waals surface area contributed by atoms with E-state index in [-0.39, 0.29) is 5.78 Å². The number of carbonyl (C=O) groups excluding carboxylic acids is 1. The van der Waals surface area contributed by atoms with Crippen molar-refractivity contribution in [2.75, 3.05) is 20.0 Å². The number of ether oxygens (including phenoxy) is 2. The van der Waals surface area contributed by atoms with Gasteiger partial charge in [-0.25, -0.2) is 9.97 Å². The van der Waals surface area contributed by atoms with Gasteiger partial charge in [0.2, 0.25) is 0 Å². The molecule has 1 aromatic heterocycles. The molecular weight excluding hydrogens is 312 g/mol. The SMILES string of the molecule is COc1ccc(C(=O)CSc2[nH]c3ccccc3[nH+]2)c(OC)c1. The van der Waals surface area contributed by atoms with Crippen LogP contribution in [0.5, 0.6) is 11.5 Å². The molecule has 0 radical (unpaired) electrons. The molecule has 6 heteroatoms. The monoisotopic (exact) mass is 329 g/mol. The Morgan fingerprint density at radius 3 is 2.74 bits per heavy atom. The second kappa shape index (κ2) is 6.75. The summed E-state index contributed by atoms with van der Waals surface area (Å²) < 4.78 is 10.4. The summed E-state index contributed by atoms with van der Waals surface area (Å²) in [6, 6.07) is 13.1. The summed E-state index contributed by atoms with van der Waals surface area (Å²) in [5.41, 5.74) is 2.59. The van der Waals surface area contributed by atoms with Crippen LogP contribution in [0, 0.1) is 0 Å². The predicted molar refractivity (Wildman–Crippen MR) is 89.5 cm³/mol. The number of benzene rings is 2. The van der Waals surface area contributed by atoms with Crippen molar-refractivity contribution < 1.29 is 19.3 Å². The minimum absolute atomic E-state index is 0.00144. The summed E-state index contributed by atoms with van der Waals surface area (Å²) in [6.07, 6.45) is 0. The van der Waals surface area contributed by atoms with Crippen LogP contribution in [0.25, 0.3) is 11.0 Å². The van der Waals surface area contributed by atoms with Gasteiger partial charge in [0.15, 0.2) is 16.8 Å². The third-order valence-corrected chi connectivity index (χ3v) is 4.38.